The lowest BCUT2D eigenvalue weighted by atomic mass is 9.91. The summed E-state index contributed by atoms with van der Waals surface area (Å²) in [6.07, 6.45) is 4.80. The van der Waals surface area contributed by atoms with Gasteiger partial charge in [0.05, 0.1) is 18.3 Å². The number of hydrogen-bond donors (Lipinski definition) is 2. The van der Waals surface area contributed by atoms with Crippen molar-refractivity contribution in [2.24, 2.45) is 5.73 Å². The number of ether oxygens (including phenoxy) is 1. The Morgan fingerprint density at radius 1 is 1.42 bits per heavy atom. The Labute approximate surface area is 142 Å². The summed E-state index contributed by atoms with van der Waals surface area (Å²) in [4.78, 5) is 10.3. The van der Waals surface area contributed by atoms with Crippen LogP contribution < -0.4 is 10.0 Å². The molecule has 2 rings (SSSR count). The van der Waals surface area contributed by atoms with Gasteiger partial charge >= 0.3 is 0 Å². The lowest BCUT2D eigenvalue weighted by Crippen LogP contribution is -2.38. The van der Waals surface area contributed by atoms with Crippen LogP contribution in [-0.4, -0.2) is 27.5 Å². The summed E-state index contributed by atoms with van der Waals surface area (Å²) in [5.41, 5.74) is 7.38. The van der Waals surface area contributed by atoms with Gasteiger partial charge in [-0.15, -0.1) is 0 Å². The first kappa shape index (κ1) is 18.4. The Morgan fingerprint density at radius 3 is 2.88 bits per heavy atom. The third kappa shape index (κ3) is 4.33. The molecule has 1 aliphatic carbocycles. The monoisotopic (exact) mass is 356 g/mol. The third-order valence-electron chi connectivity index (χ3n) is 4.07. The smallest absolute Gasteiger partial charge is 0.293 e. The maximum Gasteiger partial charge on any atom is 0.293 e. The van der Waals surface area contributed by atoms with E-state index in [2.05, 4.69) is 0 Å². The van der Waals surface area contributed by atoms with Crippen LogP contribution in [0.15, 0.2) is 29.8 Å². The largest absolute Gasteiger partial charge is 0.468 e. The standard InChI is InChI=1S/C16H21FN2O4S/c17-14-5-6-16(13(9-14)10-18)19(24(21)22)15-4-2-1-3-12(15)7-8-23-11-20/h3,5-6,9,11,15,24H,1-2,4,7-8,10,18H2. The molecule has 0 bridgehead atoms. The van der Waals surface area contributed by atoms with Gasteiger partial charge in [0.2, 0.25) is 10.9 Å². The van der Waals surface area contributed by atoms with Crippen LogP contribution >= 0.6 is 0 Å². The maximum absolute atomic E-state index is 13.4. The van der Waals surface area contributed by atoms with Gasteiger partial charge in [-0.1, -0.05) is 6.08 Å². The molecule has 8 heteroatoms. The van der Waals surface area contributed by atoms with E-state index in [4.69, 9.17) is 10.5 Å². The predicted molar refractivity (Wildman–Crippen MR) is 89.4 cm³/mol. The average Bonchev–Trinajstić information content (AvgIpc) is 2.57. The van der Waals surface area contributed by atoms with E-state index in [1.807, 2.05) is 6.08 Å². The molecule has 1 unspecified atom stereocenters. The number of carbonyl (C=O) groups excluding carboxylic acids is 1. The molecule has 0 saturated carbocycles. The van der Waals surface area contributed by atoms with Crippen molar-refractivity contribution in [2.45, 2.75) is 38.3 Å². The minimum atomic E-state index is -2.94. The fourth-order valence-electron chi connectivity index (χ4n) is 3.00. The van der Waals surface area contributed by atoms with Crippen molar-refractivity contribution in [3.63, 3.8) is 0 Å². The average molecular weight is 356 g/mol. The van der Waals surface area contributed by atoms with E-state index in [0.717, 1.165) is 18.4 Å². The molecule has 2 N–H and O–H groups in total. The Bertz CT molecular complexity index is 683. The van der Waals surface area contributed by atoms with Gasteiger partial charge in [0, 0.05) is 13.0 Å². The van der Waals surface area contributed by atoms with Crippen molar-refractivity contribution >= 4 is 23.0 Å². The number of thiol groups is 1. The number of benzene rings is 1. The first-order chi connectivity index (χ1) is 11.6. The molecule has 0 spiro atoms. The Balaban J connectivity index is 2.37. The molecule has 0 fully saturated rings. The lowest BCUT2D eigenvalue weighted by molar-refractivity contribution is -0.128. The molecule has 1 aliphatic rings. The number of anilines is 1. The second-order valence-electron chi connectivity index (χ2n) is 5.50. The molecule has 132 valence electrons. The topological polar surface area (TPSA) is 89.7 Å². The summed E-state index contributed by atoms with van der Waals surface area (Å²) in [6, 6.07) is 3.55. The van der Waals surface area contributed by atoms with Crippen LogP contribution in [0.4, 0.5) is 10.1 Å². The van der Waals surface area contributed by atoms with Gasteiger partial charge in [-0.05, 0) is 48.6 Å². The number of nitrogens with zero attached hydrogens (tertiary/aromatic N) is 1. The van der Waals surface area contributed by atoms with E-state index < -0.39 is 16.7 Å². The summed E-state index contributed by atoms with van der Waals surface area (Å²) in [6.45, 7) is 0.603. The van der Waals surface area contributed by atoms with E-state index in [1.54, 1.807) is 0 Å². The number of hydrogen-bond acceptors (Lipinski definition) is 5. The van der Waals surface area contributed by atoms with Gasteiger partial charge in [-0.25, -0.2) is 12.8 Å². The van der Waals surface area contributed by atoms with E-state index in [0.29, 0.717) is 30.6 Å². The van der Waals surface area contributed by atoms with Crippen LogP contribution in [0, 0.1) is 5.82 Å². The fraction of sp³-hybridized carbons (Fsp3) is 0.438. The predicted octanol–water partition coefficient (Wildman–Crippen LogP) is 1.66. The number of halogens is 1. The van der Waals surface area contributed by atoms with Crippen LogP contribution in [0.2, 0.25) is 0 Å². The van der Waals surface area contributed by atoms with Crippen LogP contribution in [0.3, 0.4) is 0 Å². The quantitative estimate of drug-likeness (QED) is 0.320. The summed E-state index contributed by atoms with van der Waals surface area (Å²) >= 11 is 0. The molecule has 1 aromatic rings. The molecule has 0 amide bonds. The van der Waals surface area contributed by atoms with Gasteiger partial charge in [0.15, 0.2) is 0 Å². The highest BCUT2D eigenvalue weighted by Gasteiger charge is 2.28. The highest BCUT2D eigenvalue weighted by Crippen LogP contribution is 2.32. The van der Waals surface area contributed by atoms with E-state index in [1.165, 1.54) is 22.5 Å². The van der Waals surface area contributed by atoms with Crippen LogP contribution in [-0.2, 0) is 27.0 Å². The molecule has 0 radical (unpaired) electrons. The van der Waals surface area contributed by atoms with Crippen molar-refractivity contribution in [1.29, 1.82) is 0 Å². The fourth-order valence-corrected chi connectivity index (χ4v) is 3.87. The molecule has 6 nitrogen and oxygen atoms in total. The summed E-state index contributed by atoms with van der Waals surface area (Å²) in [5, 5.41) is 0. The van der Waals surface area contributed by atoms with Crippen molar-refractivity contribution in [2.75, 3.05) is 10.9 Å². The summed E-state index contributed by atoms with van der Waals surface area (Å²) in [5.74, 6) is -0.459. The molecular formula is C16H21FN2O4S. The van der Waals surface area contributed by atoms with Crippen molar-refractivity contribution in [3.05, 3.63) is 41.2 Å². The number of carbonyl (C=O) groups is 1. The van der Waals surface area contributed by atoms with Crippen molar-refractivity contribution in [3.8, 4) is 0 Å². The molecule has 0 aliphatic heterocycles. The minimum absolute atomic E-state index is 0.0345. The van der Waals surface area contributed by atoms with Gasteiger partial charge < -0.3 is 10.5 Å². The van der Waals surface area contributed by atoms with Crippen LogP contribution in [0.5, 0.6) is 0 Å². The lowest BCUT2D eigenvalue weighted by Gasteiger charge is -2.34. The van der Waals surface area contributed by atoms with E-state index in [-0.39, 0.29) is 19.2 Å². The molecular weight excluding hydrogens is 335 g/mol. The normalized spacial score (nSPS) is 17.5. The van der Waals surface area contributed by atoms with Gasteiger partial charge in [-0.3, -0.25) is 9.10 Å². The van der Waals surface area contributed by atoms with Crippen molar-refractivity contribution in [1.82, 2.24) is 0 Å². The van der Waals surface area contributed by atoms with E-state index in [9.17, 15) is 17.6 Å². The summed E-state index contributed by atoms with van der Waals surface area (Å²) in [7, 11) is -2.94. The minimum Gasteiger partial charge on any atom is -0.468 e. The van der Waals surface area contributed by atoms with Crippen LogP contribution in [0.1, 0.15) is 31.2 Å². The highest BCUT2D eigenvalue weighted by atomic mass is 32.2. The third-order valence-corrected chi connectivity index (χ3v) is 4.92. The first-order valence-electron chi connectivity index (χ1n) is 7.74. The van der Waals surface area contributed by atoms with Gasteiger partial charge in [0.25, 0.3) is 6.47 Å². The Kier molecular flexibility index (Phi) is 6.74. The highest BCUT2D eigenvalue weighted by molar-refractivity contribution is 7.74. The Hall–Kier alpha value is -1.93. The number of rotatable bonds is 8. The summed E-state index contributed by atoms with van der Waals surface area (Å²) < 4.78 is 43.3. The zero-order valence-corrected chi connectivity index (χ0v) is 14.1. The van der Waals surface area contributed by atoms with Crippen molar-refractivity contribution < 1.29 is 22.3 Å². The molecule has 0 heterocycles. The van der Waals surface area contributed by atoms with Gasteiger partial charge in [0.1, 0.15) is 5.82 Å². The zero-order valence-electron chi connectivity index (χ0n) is 13.2. The number of nitrogens with two attached hydrogens (primary N) is 1. The maximum atomic E-state index is 13.4. The molecule has 1 atom stereocenters. The Morgan fingerprint density at radius 2 is 2.21 bits per heavy atom. The molecule has 0 saturated heterocycles. The second kappa shape index (κ2) is 8.79. The second-order valence-corrected chi connectivity index (χ2v) is 6.41. The van der Waals surface area contributed by atoms with Gasteiger partial charge in [-0.2, -0.15) is 0 Å². The SMILES string of the molecule is NCc1cc(F)ccc1N(C1CCCC=C1CCOC=O)[SH](=O)=O. The zero-order chi connectivity index (χ0) is 17.5. The van der Waals surface area contributed by atoms with E-state index >= 15 is 0 Å². The molecule has 0 aromatic heterocycles. The molecule has 24 heavy (non-hydrogen) atoms. The number of allylic oxidation sites excluding steroid dienone is 1. The molecule has 1 aromatic carbocycles. The first-order valence-corrected chi connectivity index (χ1v) is 8.87. The van der Waals surface area contributed by atoms with Crippen LogP contribution in [0.25, 0.3) is 0 Å².